The Morgan fingerprint density at radius 3 is 2.90 bits per heavy atom. The number of Topliss-reactive ketones (excluding diaryl/α,β-unsaturated/α-hetero) is 1. The number of nitriles is 1. The van der Waals surface area contributed by atoms with Crippen LogP contribution < -0.4 is 10.6 Å². The van der Waals surface area contributed by atoms with Crippen molar-refractivity contribution in [2.45, 2.75) is 79.7 Å². The van der Waals surface area contributed by atoms with Crippen LogP contribution in [0, 0.1) is 23.1 Å². The molecule has 0 radical (unpaired) electrons. The minimum absolute atomic E-state index is 0.0239. The number of carbonyl (C=O) groups is 2. The van der Waals surface area contributed by atoms with Crippen molar-refractivity contribution in [2.24, 2.45) is 5.92 Å². The predicted molar refractivity (Wildman–Crippen MR) is 159 cm³/mol. The molecule has 4 fully saturated rings. The minimum atomic E-state index is -0.667. The highest BCUT2D eigenvalue weighted by Crippen LogP contribution is 2.49. The van der Waals surface area contributed by atoms with Gasteiger partial charge in [0.25, 0.3) is 0 Å². The van der Waals surface area contributed by atoms with Crippen molar-refractivity contribution in [3.05, 3.63) is 47.8 Å². The van der Waals surface area contributed by atoms with E-state index in [1.54, 1.807) is 22.7 Å². The Kier molecular flexibility index (Phi) is 8.74. The number of hydrogen-bond acceptors (Lipinski definition) is 9. The Balaban J connectivity index is 1.25. The van der Waals surface area contributed by atoms with Gasteiger partial charge in [0.15, 0.2) is 12.1 Å². The number of halogens is 1. The van der Waals surface area contributed by atoms with E-state index in [4.69, 9.17) is 4.74 Å². The molecule has 4 aliphatic heterocycles. The number of ketones is 1. The SMILES string of the molecule is C=CC(=O)N1CCN(C2NC(OCC3CCCN3C)NC3C(=O)[C@@]4(CCC32)Cc2c(F)cccc2CS4)CC1CC#N. The Morgan fingerprint density at radius 2 is 2.14 bits per heavy atom. The van der Waals surface area contributed by atoms with E-state index >= 15 is 0 Å². The number of piperazine rings is 1. The topological polar surface area (TPSA) is 101 Å². The van der Waals surface area contributed by atoms with Crippen LogP contribution in [0.15, 0.2) is 30.9 Å². The third-order valence-electron chi connectivity index (χ3n) is 10.1. The van der Waals surface area contributed by atoms with E-state index in [0.717, 1.165) is 31.4 Å². The number of hydrogen-bond donors (Lipinski definition) is 2. The number of likely N-dealkylation sites (tertiary alicyclic amines) is 1. The molecule has 7 atom stereocenters. The van der Waals surface area contributed by atoms with Crippen molar-refractivity contribution >= 4 is 23.5 Å². The molecule has 1 aromatic carbocycles. The Labute approximate surface area is 251 Å². The molecule has 6 rings (SSSR count). The van der Waals surface area contributed by atoms with Crippen molar-refractivity contribution in [3.63, 3.8) is 0 Å². The lowest BCUT2D eigenvalue weighted by atomic mass is 9.71. The number of benzene rings is 1. The van der Waals surface area contributed by atoms with Crippen LogP contribution in [0.25, 0.3) is 0 Å². The molecule has 0 aromatic heterocycles. The summed E-state index contributed by atoms with van der Waals surface area (Å²) in [5.74, 6) is 0.343. The minimum Gasteiger partial charge on any atom is -0.348 e. The molecule has 42 heavy (non-hydrogen) atoms. The van der Waals surface area contributed by atoms with Gasteiger partial charge in [-0.2, -0.15) is 5.26 Å². The molecule has 1 saturated carbocycles. The molecule has 6 unspecified atom stereocenters. The summed E-state index contributed by atoms with van der Waals surface area (Å²) < 4.78 is 20.6. The normalized spacial score (nSPS) is 35.5. The van der Waals surface area contributed by atoms with Gasteiger partial charge in [-0.25, -0.2) is 4.39 Å². The number of fused-ring (bicyclic) bond motifs is 2. The van der Waals surface area contributed by atoms with Gasteiger partial charge >= 0.3 is 0 Å². The summed E-state index contributed by atoms with van der Waals surface area (Å²) in [5.41, 5.74) is 1.65. The Morgan fingerprint density at radius 1 is 1.29 bits per heavy atom. The molecule has 5 aliphatic rings. The summed E-state index contributed by atoms with van der Waals surface area (Å²) in [6, 6.07) is 7.08. The molecule has 4 heterocycles. The first-order valence-electron chi connectivity index (χ1n) is 15.2. The second kappa shape index (κ2) is 12.3. The standard InChI is InChI=1S/C31H41FN6O3S/c1-3-26(39)38-15-14-37(17-21(38)10-12-33)29-23-9-11-31(16-24-20(19-42-31)6-4-8-25(24)32)28(40)27(23)34-30(35-29)41-18-22-7-5-13-36(22)2/h3-4,6,8,21-23,27,29-30,34-35H,1,5,7,9-11,13-19H2,2H3/t21?,22?,23?,27?,29?,30?,31-/m1/s1. The third-order valence-corrected chi connectivity index (χ3v) is 11.7. The summed E-state index contributed by atoms with van der Waals surface area (Å²) in [6.45, 7) is 6.88. The number of thioether (sulfide) groups is 1. The zero-order chi connectivity index (χ0) is 29.4. The molecule has 1 aromatic rings. The number of ether oxygens (including phenoxy) is 1. The zero-order valence-electron chi connectivity index (χ0n) is 24.3. The first-order valence-corrected chi connectivity index (χ1v) is 16.1. The number of nitrogens with one attached hydrogen (secondary N) is 2. The summed E-state index contributed by atoms with van der Waals surface area (Å²) in [6.07, 6.45) is 4.97. The van der Waals surface area contributed by atoms with E-state index in [9.17, 15) is 19.2 Å². The van der Waals surface area contributed by atoms with E-state index < -0.39 is 17.1 Å². The fraction of sp³-hybridized carbons (Fsp3) is 0.645. The van der Waals surface area contributed by atoms with Crippen LogP contribution in [0.3, 0.4) is 0 Å². The van der Waals surface area contributed by atoms with Crippen LogP contribution in [-0.2, 0) is 26.5 Å². The summed E-state index contributed by atoms with van der Waals surface area (Å²) in [5, 5.41) is 16.7. The molecule has 1 spiro atoms. The van der Waals surface area contributed by atoms with Gasteiger partial charge in [0.05, 0.1) is 42.1 Å². The molecule has 2 N–H and O–H groups in total. The lowest BCUT2D eigenvalue weighted by molar-refractivity contribution is -0.145. The van der Waals surface area contributed by atoms with Crippen LogP contribution >= 0.6 is 11.8 Å². The van der Waals surface area contributed by atoms with E-state index in [1.807, 2.05) is 6.07 Å². The predicted octanol–water partition coefficient (Wildman–Crippen LogP) is 2.23. The smallest absolute Gasteiger partial charge is 0.246 e. The molecule has 11 heteroatoms. The number of nitrogens with zero attached hydrogens (tertiary/aromatic N) is 4. The van der Waals surface area contributed by atoms with Gasteiger partial charge in [-0.15, -0.1) is 11.8 Å². The Bertz CT molecular complexity index is 1260. The first-order chi connectivity index (χ1) is 20.3. The number of rotatable bonds is 6. The fourth-order valence-corrected chi connectivity index (χ4v) is 9.17. The second-order valence-corrected chi connectivity index (χ2v) is 13.8. The highest BCUT2D eigenvalue weighted by molar-refractivity contribution is 8.00. The van der Waals surface area contributed by atoms with Crippen molar-refractivity contribution < 1.29 is 18.7 Å². The summed E-state index contributed by atoms with van der Waals surface area (Å²) in [4.78, 5) is 33.3. The van der Waals surface area contributed by atoms with E-state index in [2.05, 4.69) is 40.1 Å². The van der Waals surface area contributed by atoms with Gasteiger partial charge in [0, 0.05) is 37.3 Å². The van der Waals surface area contributed by atoms with Crippen LogP contribution in [0.4, 0.5) is 4.39 Å². The molecule has 1 amide bonds. The third kappa shape index (κ3) is 5.53. The molecular formula is C31H41FN6O3S. The highest BCUT2D eigenvalue weighted by Gasteiger charge is 2.56. The Hall–Kier alpha value is -2.33. The molecule has 0 bridgehead atoms. The summed E-state index contributed by atoms with van der Waals surface area (Å²) >= 11 is 1.66. The molecule has 9 nitrogen and oxygen atoms in total. The largest absolute Gasteiger partial charge is 0.348 e. The quantitative estimate of drug-likeness (QED) is 0.479. The van der Waals surface area contributed by atoms with Crippen LogP contribution in [-0.4, -0.2) is 102 Å². The zero-order valence-corrected chi connectivity index (χ0v) is 25.1. The first kappa shape index (κ1) is 29.7. The molecular weight excluding hydrogens is 555 g/mol. The monoisotopic (exact) mass is 596 g/mol. The number of likely N-dealkylation sites (N-methyl/N-ethyl adjacent to an activating group) is 1. The van der Waals surface area contributed by atoms with E-state index in [1.165, 1.54) is 12.1 Å². The van der Waals surface area contributed by atoms with Gasteiger partial charge in [-0.05, 0) is 69.0 Å². The average molecular weight is 597 g/mol. The van der Waals surface area contributed by atoms with Gasteiger partial charge < -0.3 is 14.5 Å². The maximum Gasteiger partial charge on any atom is 0.246 e. The van der Waals surface area contributed by atoms with Gasteiger partial charge in [-0.3, -0.25) is 25.1 Å². The second-order valence-electron chi connectivity index (χ2n) is 12.4. The van der Waals surface area contributed by atoms with Gasteiger partial charge in [0.2, 0.25) is 5.91 Å². The number of amides is 1. The maximum absolute atomic E-state index is 14.9. The average Bonchev–Trinajstić information content (AvgIpc) is 3.42. The highest BCUT2D eigenvalue weighted by atomic mass is 32.2. The fourth-order valence-electron chi connectivity index (χ4n) is 7.69. The van der Waals surface area contributed by atoms with Crippen molar-refractivity contribution in [1.82, 2.24) is 25.3 Å². The molecule has 1 aliphatic carbocycles. The van der Waals surface area contributed by atoms with Gasteiger partial charge in [-0.1, -0.05) is 18.7 Å². The molecule has 226 valence electrons. The maximum atomic E-state index is 14.9. The summed E-state index contributed by atoms with van der Waals surface area (Å²) in [7, 11) is 2.12. The van der Waals surface area contributed by atoms with Crippen LogP contribution in [0.1, 0.15) is 43.2 Å². The molecule has 3 saturated heterocycles. The van der Waals surface area contributed by atoms with E-state index in [0.29, 0.717) is 56.4 Å². The lowest BCUT2D eigenvalue weighted by Gasteiger charge is -2.55. The van der Waals surface area contributed by atoms with Crippen LogP contribution in [0.2, 0.25) is 0 Å². The van der Waals surface area contributed by atoms with Gasteiger partial charge in [0.1, 0.15) is 5.82 Å². The van der Waals surface area contributed by atoms with Crippen molar-refractivity contribution in [2.75, 3.05) is 39.8 Å². The lowest BCUT2D eigenvalue weighted by Crippen LogP contribution is -2.75. The van der Waals surface area contributed by atoms with Crippen molar-refractivity contribution in [3.8, 4) is 6.07 Å². The van der Waals surface area contributed by atoms with Crippen molar-refractivity contribution in [1.29, 1.82) is 5.26 Å². The van der Waals surface area contributed by atoms with E-state index in [-0.39, 0.29) is 42.1 Å². The number of carbonyl (C=O) groups excluding carboxylic acids is 2. The van der Waals surface area contributed by atoms with Crippen LogP contribution in [0.5, 0.6) is 0 Å².